The van der Waals surface area contributed by atoms with Gasteiger partial charge < -0.3 is 10.1 Å². The molecule has 1 heterocycles. The number of rotatable bonds is 7. The van der Waals surface area contributed by atoms with Gasteiger partial charge in [-0.15, -0.1) is 23.5 Å². The molecule has 3 rings (SSSR count). The summed E-state index contributed by atoms with van der Waals surface area (Å²) in [4.78, 5) is 11.9. The van der Waals surface area contributed by atoms with Crippen LogP contribution in [0.25, 0.3) is 0 Å². The number of ether oxygens (including phenoxy) is 1. The monoisotopic (exact) mass is 391 g/mol. The Morgan fingerprint density at radius 2 is 1.77 bits per heavy atom. The lowest BCUT2D eigenvalue weighted by Gasteiger charge is -2.21. The molecule has 0 aromatic heterocycles. The molecule has 0 spiro atoms. The SMILES string of the molecule is O=C(COc1ccc(C2SCCCS2)cc1)NCCc1ccc(F)cc1. The van der Waals surface area contributed by atoms with Crippen molar-refractivity contribution < 1.29 is 13.9 Å². The van der Waals surface area contributed by atoms with Gasteiger partial charge in [0.25, 0.3) is 5.91 Å². The molecule has 0 aliphatic carbocycles. The van der Waals surface area contributed by atoms with Crippen molar-refractivity contribution in [3.05, 3.63) is 65.5 Å². The van der Waals surface area contributed by atoms with E-state index >= 15 is 0 Å². The lowest BCUT2D eigenvalue weighted by atomic mass is 10.1. The Balaban J connectivity index is 1.37. The minimum Gasteiger partial charge on any atom is -0.484 e. The highest BCUT2D eigenvalue weighted by molar-refractivity contribution is 8.16. The number of hydrogen-bond acceptors (Lipinski definition) is 4. The molecule has 1 aliphatic rings. The van der Waals surface area contributed by atoms with E-state index in [1.54, 1.807) is 12.1 Å². The quantitative estimate of drug-likeness (QED) is 0.758. The molecule has 0 bridgehead atoms. The predicted molar refractivity (Wildman–Crippen MR) is 107 cm³/mol. The maximum atomic E-state index is 12.8. The van der Waals surface area contributed by atoms with Crippen molar-refractivity contribution in [2.24, 2.45) is 0 Å². The third kappa shape index (κ3) is 5.95. The zero-order chi connectivity index (χ0) is 18.2. The van der Waals surface area contributed by atoms with Crippen LogP contribution in [-0.4, -0.2) is 30.6 Å². The first-order chi connectivity index (χ1) is 12.7. The van der Waals surface area contributed by atoms with Crippen molar-refractivity contribution in [2.75, 3.05) is 24.7 Å². The number of carbonyl (C=O) groups excluding carboxylic acids is 1. The van der Waals surface area contributed by atoms with Crippen LogP contribution >= 0.6 is 23.5 Å². The van der Waals surface area contributed by atoms with Crippen LogP contribution in [0.4, 0.5) is 4.39 Å². The van der Waals surface area contributed by atoms with Crippen molar-refractivity contribution in [1.29, 1.82) is 0 Å². The van der Waals surface area contributed by atoms with Crippen LogP contribution in [0.2, 0.25) is 0 Å². The molecule has 2 aromatic rings. The average molecular weight is 392 g/mol. The average Bonchev–Trinajstić information content (AvgIpc) is 2.69. The van der Waals surface area contributed by atoms with Gasteiger partial charge in [-0.05, 0) is 59.7 Å². The first-order valence-electron chi connectivity index (χ1n) is 8.68. The van der Waals surface area contributed by atoms with Gasteiger partial charge in [0.05, 0.1) is 4.58 Å². The van der Waals surface area contributed by atoms with Crippen LogP contribution < -0.4 is 10.1 Å². The Kier molecular flexibility index (Phi) is 7.26. The van der Waals surface area contributed by atoms with Gasteiger partial charge in [0.15, 0.2) is 6.61 Å². The highest BCUT2D eigenvalue weighted by Crippen LogP contribution is 2.43. The zero-order valence-electron chi connectivity index (χ0n) is 14.4. The Hall–Kier alpha value is -1.66. The van der Waals surface area contributed by atoms with Gasteiger partial charge in [0.1, 0.15) is 11.6 Å². The van der Waals surface area contributed by atoms with Crippen LogP contribution in [0.15, 0.2) is 48.5 Å². The fourth-order valence-corrected chi connectivity index (χ4v) is 5.49. The maximum absolute atomic E-state index is 12.8. The highest BCUT2D eigenvalue weighted by Gasteiger charge is 2.16. The van der Waals surface area contributed by atoms with Crippen LogP contribution in [0.5, 0.6) is 5.75 Å². The van der Waals surface area contributed by atoms with Gasteiger partial charge in [-0.2, -0.15) is 0 Å². The predicted octanol–water partition coefficient (Wildman–Crippen LogP) is 4.43. The van der Waals surface area contributed by atoms with E-state index in [1.165, 1.54) is 35.6 Å². The second kappa shape index (κ2) is 9.88. The lowest BCUT2D eigenvalue weighted by molar-refractivity contribution is -0.123. The van der Waals surface area contributed by atoms with Crippen LogP contribution in [0.3, 0.4) is 0 Å². The van der Waals surface area contributed by atoms with Crippen molar-refractivity contribution in [3.63, 3.8) is 0 Å². The minimum atomic E-state index is -0.252. The molecule has 1 saturated heterocycles. The molecule has 6 heteroatoms. The Morgan fingerprint density at radius 3 is 2.46 bits per heavy atom. The number of nitrogens with one attached hydrogen (secondary N) is 1. The van der Waals surface area contributed by atoms with Gasteiger partial charge in [-0.3, -0.25) is 4.79 Å². The maximum Gasteiger partial charge on any atom is 0.257 e. The number of hydrogen-bond donors (Lipinski definition) is 1. The molecule has 0 radical (unpaired) electrons. The highest BCUT2D eigenvalue weighted by atomic mass is 32.2. The molecule has 1 amide bonds. The lowest BCUT2D eigenvalue weighted by Crippen LogP contribution is -2.30. The Labute approximate surface area is 162 Å². The molecule has 1 N–H and O–H groups in total. The number of carbonyl (C=O) groups is 1. The smallest absolute Gasteiger partial charge is 0.257 e. The van der Waals surface area contributed by atoms with Crippen molar-refractivity contribution >= 4 is 29.4 Å². The van der Waals surface area contributed by atoms with Crippen molar-refractivity contribution in [1.82, 2.24) is 5.32 Å². The Morgan fingerprint density at radius 1 is 1.08 bits per heavy atom. The van der Waals surface area contributed by atoms with Crippen LogP contribution in [-0.2, 0) is 11.2 Å². The van der Waals surface area contributed by atoms with Crippen LogP contribution in [0.1, 0.15) is 22.1 Å². The van der Waals surface area contributed by atoms with E-state index in [4.69, 9.17) is 4.74 Å². The molecular weight excluding hydrogens is 369 g/mol. The second-order valence-electron chi connectivity index (χ2n) is 6.01. The summed E-state index contributed by atoms with van der Waals surface area (Å²) in [5, 5.41) is 2.81. The first-order valence-corrected chi connectivity index (χ1v) is 10.8. The molecule has 0 unspecified atom stereocenters. The summed E-state index contributed by atoms with van der Waals surface area (Å²) in [5.74, 6) is 2.72. The molecule has 0 atom stereocenters. The third-order valence-corrected chi connectivity index (χ3v) is 7.01. The summed E-state index contributed by atoms with van der Waals surface area (Å²) in [6, 6.07) is 14.3. The number of thioether (sulfide) groups is 2. The van der Waals surface area contributed by atoms with Gasteiger partial charge >= 0.3 is 0 Å². The topological polar surface area (TPSA) is 38.3 Å². The van der Waals surface area contributed by atoms with E-state index in [-0.39, 0.29) is 18.3 Å². The van der Waals surface area contributed by atoms with Gasteiger partial charge in [-0.25, -0.2) is 4.39 Å². The van der Waals surface area contributed by atoms with Crippen LogP contribution in [0, 0.1) is 5.82 Å². The second-order valence-corrected chi connectivity index (χ2v) is 8.74. The number of halogens is 1. The summed E-state index contributed by atoms with van der Waals surface area (Å²) in [5.41, 5.74) is 2.29. The Bertz CT molecular complexity index is 701. The minimum absolute atomic E-state index is 0.00427. The molecule has 26 heavy (non-hydrogen) atoms. The van der Waals surface area contributed by atoms with Crippen molar-refractivity contribution in [3.8, 4) is 5.75 Å². The summed E-state index contributed by atoms with van der Waals surface area (Å²) in [6.07, 6.45) is 1.95. The molecule has 1 fully saturated rings. The van der Waals surface area contributed by atoms with Crippen molar-refractivity contribution in [2.45, 2.75) is 17.4 Å². The first kappa shape index (κ1) is 19.1. The van der Waals surface area contributed by atoms with E-state index in [2.05, 4.69) is 17.4 Å². The van der Waals surface area contributed by atoms with E-state index in [9.17, 15) is 9.18 Å². The number of benzene rings is 2. The summed E-state index contributed by atoms with van der Waals surface area (Å²) in [7, 11) is 0. The zero-order valence-corrected chi connectivity index (χ0v) is 16.1. The fraction of sp³-hybridized carbons (Fsp3) is 0.350. The largest absolute Gasteiger partial charge is 0.484 e. The molecular formula is C20H22FNO2S2. The molecule has 0 saturated carbocycles. The summed E-state index contributed by atoms with van der Waals surface area (Å²) >= 11 is 3.97. The molecule has 3 nitrogen and oxygen atoms in total. The van der Waals surface area contributed by atoms with E-state index in [0.29, 0.717) is 23.3 Å². The summed E-state index contributed by atoms with van der Waals surface area (Å²) < 4.78 is 18.9. The number of amides is 1. The van der Waals surface area contributed by atoms with E-state index in [0.717, 1.165) is 5.56 Å². The van der Waals surface area contributed by atoms with Gasteiger partial charge in [-0.1, -0.05) is 24.3 Å². The van der Waals surface area contributed by atoms with E-state index < -0.39 is 0 Å². The normalized spacial score (nSPS) is 14.8. The molecule has 2 aromatic carbocycles. The third-order valence-electron chi connectivity index (χ3n) is 4.00. The fourth-order valence-electron chi connectivity index (χ4n) is 2.60. The molecule has 1 aliphatic heterocycles. The molecule has 138 valence electrons. The summed E-state index contributed by atoms with van der Waals surface area (Å²) in [6.45, 7) is 0.499. The standard InChI is InChI=1S/C20H22FNO2S2/c21-17-6-2-15(3-7-17)10-11-22-19(23)14-24-18-8-4-16(5-9-18)20-25-12-1-13-26-20/h2-9,20H,1,10-14H2,(H,22,23). The van der Waals surface area contributed by atoms with Gasteiger partial charge in [0.2, 0.25) is 0 Å². The van der Waals surface area contributed by atoms with Gasteiger partial charge in [0, 0.05) is 6.54 Å². The van der Waals surface area contributed by atoms with E-state index in [1.807, 2.05) is 35.7 Å².